The van der Waals surface area contributed by atoms with Gasteiger partial charge in [-0.15, -0.1) is 0 Å². The molecule has 1 N–H and O–H groups in total. The van der Waals surface area contributed by atoms with Crippen LogP contribution < -0.4 is 5.32 Å². The summed E-state index contributed by atoms with van der Waals surface area (Å²) >= 11 is 6.32. The molecule has 0 aliphatic heterocycles. The van der Waals surface area contributed by atoms with Gasteiger partial charge in [-0.2, -0.15) is 8.78 Å². The number of unbranched alkanes of at least 4 members (excludes halogenated alkanes) is 2. The van der Waals surface area contributed by atoms with Gasteiger partial charge in [0, 0.05) is 23.7 Å². The Hall–Kier alpha value is 0.320. The zero-order chi connectivity index (χ0) is 20.1. The molecule has 12 heteroatoms. The van der Waals surface area contributed by atoms with Crippen LogP contribution in [0.1, 0.15) is 36.0 Å². The molecule has 0 aliphatic rings. The highest BCUT2D eigenvalue weighted by Gasteiger charge is 2.45. The van der Waals surface area contributed by atoms with Crippen molar-refractivity contribution in [2.45, 2.75) is 30.9 Å². The summed E-state index contributed by atoms with van der Waals surface area (Å²) in [6.45, 7) is 0.279. The lowest BCUT2D eigenvalue weighted by molar-refractivity contribution is -0.133. The van der Waals surface area contributed by atoms with Crippen LogP contribution in [0.15, 0.2) is 12.1 Å². The number of alkyl halides is 2. The van der Waals surface area contributed by atoms with Crippen molar-refractivity contribution in [3.8, 4) is 0 Å². The molecule has 0 radical (unpaired) electrons. The first-order valence-electron chi connectivity index (χ1n) is 7.17. The van der Waals surface area contributed by atoms with Gasteiger partial charge in [0.25, 0.3) is 5.91 Å². The van der Waals surface area contributed by atoms with Crippen molar-refractivity contribution >= 4 is 89.6 Å². The highest BCUT2D eigenvalue weighted by Crippen LogP contribution is 2.24. The van der Waals surface area contributed by atoms with Crippen molar-refractivity contribution in [1.82, 2.24) is 5.32 Å². The van der Waals surface area contributed by atoms with Gasteiger partial charge in [-0.1, -0.05) is 6.42 Å². The molecule has 146 valence electrons. The van der Waals surface area contributed by atoms with Crippen LogP contribution in [0.5, 0.6) is 0 Å². The number of rotatable bonds is 9. The van der Waals surface area contributed by atoms with Crippen LogP contribution in [-0.4, -0.2) is 36.5 Å². The second kappa shape index (κ2) is 10.2. The number of nitrogens with one attached hydrogen (secondary N) is 1. The van der Waals surface area contributed by atoms with E-state index in [0.29, 0.717) is 18.4 Å². The molecule has 0 spiro atoms. The molecule has 1 aromatic carbocycles. The summed E-state index contributed by atoms with van der Waals surface area (Å²) in [6, 6.07) is 3.69. The van der Waals surface area contributed by atoms with Gasteiger partial charge >= 0.3 is 5.25 Å². The third-order valence-corrected chi connectivity index (χ3v) is 7.77. The van der Waals surface area contributed by atoms with Crippen LogP contribution in [0.25, 0.3) is 0 Å². The maximum atomic E-state index is 13.0. The highest BCUT2D eigenvalue weighted by molar-refractivity contribution is 14.1. The molecule has 0 aliphatic carbocycles. The number of hydrogen-bond donors (Lipinski definition) is 1. The van der Waals surface area contributed by atoms with E-state index in [4.69, 9.17) is 0 Å². The standard InChI is InChI=1S/C14H14F2I3NO5S/c15-14(16,26(23,24)25)11(21)4-2-1-3-5-20-13(22)9-6-8(17)7-10(18)12(9)19/h6-7H,1-5H2,(H,20,22)(H,23,24,25)/p-1. The van der Waals surface area contributed by atoms with E-state index in [2.05, 4.69) is 73.1 Å². The number of benzene rings is 1. The SMILES string of the molecule is O=C(NCCCCCC(=O)C(F)(F)S(=O)(=O)[O-])c1cc(I)cc(I)c1I. The van der Waals surface area contributed by atoms with Gasteiger partial charge < -0.3 is 9.87 Å². The molecular formula is C14H13F2I3NO5S-. The summed E-state index contributed by atoms with van der Waals surface area (Å²) < 4.78 is 59.7. The molecule has 0 atom stereocenters. The lowest BCUT2D eigenvalue weighted by atomic mass is 10.1. The second-order valence-electron chi connectivity index (χ2n) is 5.21. The van der Waals surface area contributed by atoms with Crippen molar-refractivity contribution in [1.29, 1.82) is 0 Å². The molecule has 0 saturated heterocycles. The largest absolute Gasteiger partial charge is 0.743 e. The Balaban J connectivity index is 2.40. The predicted molar refractivity (Wildman–Crippen MR) is 115 cm³/mol. The second-order valence-corrected chi connectivity index (χ2v) is 10.1. The molecule has 1 aromatic rings. The van der Waals surface area contributed by atoms with Gasteiger partial charge in [0.1, 0.15) is 0 Å². The Bertz CT molecular complexity index is 802. The molecule has 0 bridgehead atoms. The summed E-state index contributed by atoms with van der Waals surface area (Å²) in [4.78, 5) is 23.3. The summed E-state index contributed by atoms with van der Waals surface area (Å²) in [5.41, 5.74) is 0.539. The minimum atomic E-state index is -5.99. The van der Waals surface area contributed by atoms with Crippen LogP contribution in [0.3, 0.4) is 0 Å². The van der Waals surface area contributed by atoms with Gasteiger partial charge in [0.05, 0.1) is 5.56 Å². The van der Waals surface area contributed by atoms with E-state index in [9.17, 15) is 31.3 Å². The van der Waals surface area contributed by atoms with E-state index in [-0.39, 0.29) is 18.9 Å². The maximum absolute atomic E-state index is 13.0. The normalized spacial score (nSPS) is 12.1. The van der Waals surface area contributed by atoms with Crippen molar-refractivity contribution < 1.29 is 31.3 Å². The summed E-state index contributed by atoms with van der Waals surface area (Å²) in [5, 5.41) is -2.18. The molecule has 1 amide bonds. The molecule has 26 heavy (non-hydrogen) atoms. The Morgan fingerprint density at radius 3 is 2.31 bits per heavy atom. The Kier molecular flexibility index (Phi) is 9.55. The van der Waals surface area contributed by atoms with Gasteiger partial charge in [-0.25, -0.2) is 8.42 Å². The quantitative estimate of drug-likeness (QED) is 0.182. The van der Waals surface area contributed by atoms with Gasteiger partial charge in [0.2, 0.25) is 5.78 Å². The topological polar surface area (TPSA) is 103 Å². The van der Waals surface area contributed by atoms with E-state index in [1.54, 1.807) is 6.07 Å². The predicted octanol–water partition coefficient (Wildman–Crippen LogP) is 3.50. The maximum Gasteiger partial charge on any atom is 0.391 e. The number of ketones is 1. The average Bonchev–Trinajstić information content (AvgIpc) is 2.52. The smallest absolute Gasteiger partial charge is 0.391 e. The fourth-order valence-electron chi connectivity index (χ4n) is 1.89. The number of amides is 1. The fourth-order valence-corrected chi connectivity index (χ4v) is 4.67. The number of Topliss-reactive ketones (excluding diaryl/α,β-unsaturated/α-hetero) is 1. The molecule has 0 unspecified atom stereocenters. The molecule has 0 aromatic heterocycles. The van der Waals surface area contributed by atoms with E-state index >= 15 is 0 Å². The average molecular weight is 726 g/mol. The Labute approximate surface area is 190 Å². The Morgan fingerprint density at radius 2 is 1.73 bits per heavy atom. The molecule has 0 fully saturated rings. The van der Waals surface area contributed by atoms with Crippen molar-refractivity contribution in [3.63, 3.8) is 0 Å². The summed E-state index contributed by atoms with van der Waals surface area (Å²) in [5.74, 6) is -2.16. The first-order chi connectivity index (χ1) is 11.9. The van der Waals surface area contributed by atoms with Gasteiger partial charge in [-0.05, 0) is 92.7 Å². The van der Waals surface area contributed by atoms with Crippen LogP contribution in [0.2, 0.25) is 0 Å². The van der Waals surface area contributed by atoms with Crippen LogP contribution in [0, 0.1) is 10.7 Å². The minimum absolute atomic E-state index is 0.00151. The summed E-state index contributed by atoms with van der Waals surface area (Å²) in [6.07, 6.45) is 0.0299. The minimum Gasteiger partial charge on any atom is -0.743 e. The van der Waals surface area contributed by atoms with Crippen molar-refractivity contribution in [2.24, 2.45) is 0 Å². The zero-order valence-electron chi connectivity index (χ0n) is 13.0. The highest BCUT2D eigenvalue weighted by atomic mass is 127. The Morgan fingerprint density at radius 1 is 1.12 bits per heavy atom. The van der Waals surface area contributed by atoms with E-state index in [0.717, 1.165) is 10.7 Å². The molecule has 0 saturated carbocycles. The van der Waals surface area contributed by atoms with E-state index in [1.807, 2.05) is 6.07 Å². The number of carbonyl (C=O) groups excluding carboxylic acids is 2. The zero-order valence-corrected chi connectivity index (χ0v) is 20.3. The molecule has 6 nitrogen and oxygen atoms in total. The molecule has 1 rings (SSSR count). The lowest BCUT2D eigenvalue weighted by Crippen LogP contribution is -2.37. The van der Waals surface area contributed by atoms with Crippen LogP contribution in [0.4, 0.5) is 8.78 Å². The van der Waals surface area contributed by atoms with Crippen LogP contribution >= 0.6 is 67.8 Å². The molecular weight excluding hydrogens is 713 g/mol. The first-order valence-corrected chi connectivity index (χ1v) is 11.8. The number of hydrogen-bond acceptors (Lipinski definition) is 5. The van der Waals surface area contributed by atoms with Gasteiger partial charge in [-0.3, -0.25) is 9.59 Å². The molecule has 0 heterocycles. The number of halogens is 5. The first kappa shape index (κ1) is 24.4. The summed E-state index contributed by atoms with van der Waals surface area (Å²) in [7, 11) is -5.99. The third-order valence-electron chi connectivity index (χ3n) is 3.24. The monoisotopic (exact) mass is 726 g/mol. The van der Waals surface area contributed by atoms with Crippen LogP contribution in [-0.2, 0) is 14.9 Å². The van der Waals surface area contributed by atoms with E-state index in [1.165, 1.54) is 0 Å². The fraction of sp³-hybridized carbons (Fsp3) is 0.429. The third kappa shape index (κ3) is 6.73. The van der Waals surface area contributed by atoms with E-state index < -0.39 is 27.6 Å². The number of carbonyl (C=O) groups is 2. The van der Waals surface area contributed by atoms with Gasteiger partial charge in [0.15, 0.2) is 10.1 Å². The van der Waals surface area contributed by atoms with Crippen molar-refractivity contribution in [3.05, 3.63) is 28.4 Å². The van der Waals surface area contributed by atoms with Crippen molar-refractivity contribution in [2.75, 3.05) is 6.54 Å². The lowest BCUT2D eigenvalue weighted by Gasteiger charge is -2.18.